The predicted octanol–water partition coefficient (Wildman–Crippen LogP) is 2.39. The van der Waals surface area contributed by atoms with Crippen molar-refractivity contribution < 1.29 is 19.4 Å². The van der Waals surface area contributed by atoms with Crippen LogP contribution in [0.15, 0.2) is 30.3 Å². The van der Waals surface area contributed by atoms with Crippen LogP contribution in [-0.2, 0) is 16.0 Å². The highest BCUT2D eigenvalue weighted by Gasteiger charge is 2.35. The third-order valence-corrected chi connectivity index (χ3v) is 4.45. The van der Waals surface area contributed by atoms with Crippen LogP contribution in [0.2, 0.25) is 0 Å². The summed E-state index contributed by atoms with van der Waals surface area (Å²) in [6.45, 7) is 6.15. The summed E-state index contributed by atoms with van der Waals surface area (Å²) >= 11 is 1.36. The normalized spacial score (nSPS) is 16.8. The van der Waals surface area contributed by atoms with E-state index in [2.05, 4.69) is 12.1 Å². The van der Waals surface area contributed by atoms with Crippen molar-refractivity contribution in [1.29, 1.82) is 0 Å². The van der Waals surface area contributed by atoms with Gasteiger partial charge in [-0.3, -0.25) is 9.69 Å². The number of carbonyl (C=O) groups excluding carboxylic acids is 2. The number of rotatable bonds is 4. The molecule has 0 spiro atoms. The zero-order valence-corrected chi connectivity index (χ0v) is 15.9. The molecule has 25 heavy (non-hydrogen) atoms. The Kier molecular flexibility index (Phi) is 8.78. The summed E-state index contributed by atoms with van der Waals surface area (Å²) in [6.07, 6.45) is 1.37. The molecule has 0 radical (unpaired) electrons. The van der Waals surface area contributed by atoms with Crippen LogP contribution in [-0.4, -0.2) is 51.9 Å². The van der Waals surface area contributed by atoms with Crippen molar-refractivity contribution in [3.05, 3.63) is 35.9 Å². The monoisotopic (exact) mass is 368 g/mol. The molecule has 1 saturated heterocycles. The van der Waals surface area contributed by atoms with Crippen LogP contribution >= 0.6 is 11.8 Å². The van der Waals surface area contributed by atoms with Crippen LogP contribution in [0.3, 0.4) is 0 Å². The average molecular weight is 368 g/mol. The molecule has 1 aromatic carbocycles. The van der Waals surface area contributed by atoms with Gasteiger partial charge in [0, 0.05) is 18.9 Å². The van der Waals surface area contributed by atoms with Gasteiger partial charge in [0.1, 0.15) is 5.60 Å². The Morgan fingerprint density at radius 2 is 1.96 bits per heavy atom. The molecule has 6 nitrogen and oxygen atoms in total. The van der Waals surface area contributed by atoms with E-state index in [4.69, 9.17) is 15.6 Å². The zero-order valence-electron chi connectivity index (χ0n) is 15.1. The molecule has 140 valence electrons. The highest BCUT2D eigenvalue weighted by atomic mass is 32.2. The molecule has 1 atom stereocenters. The molecule has 7 heteroatoms. The summed E-state index contributed by atoms with van der Waals surface area (Å²) in [7, 11) is 0. The second-order valence-electron chi connectivity index (χ2n) is 6.61. The lowest BCUT2D eigenvalue weighted by molar-refractivity contribution is -0.120. The highest BCUT2D eigenvalue weighted by molar-refractivity contribution is 8.00. The van der Waals surface area contributed by atoms with Gasteiger partial charge in [-0.1, -0.05) is 30.3 Å². The van der Waals surface area contributed by atoms with Crippen molar-refractivity contribution in [2.75, 3.05) is 18.9 Å². The van der Waals surface area contributed by atoms with E-state index in [0.717, 1.165) is 12.8 Å². The number of hydrogen-bond acceptors (Lipinski definition) is 5. The summed E-state index contributed by atoms with van der Waals surface area (Å²) in [5.41, 5.74) is 5.93. The van der Waals surface area contributed by atoms with E-state index in [1.807, 2.05) is 18.2 Å². The fraction of sp³-hybridized carbons (Fsp3) is 0.556. The van der Waals surface area contributed by atoms with Gasteiger partial charge < -0.3 is 15.6 Å². The van der Waals surface area contributed by atoms with E-state index in [1.54, 1.807) is 20.8 Å². The maximum Gasteiger partial charge on any atom is 0.411 e. The van der Waals surface area contributed by atoms with Crippen LogP contribution < -0.4 is 5.73 Å². The molecule has 1 heterocycles. The molecular weight excluding hydrogens is 340 g/mol. The number of ether oxygens (including phenoxy) is 1. The lowest BCUT2D eigenvalue weighted by Gasteiger charge is -2.26. The van der Waals surface area contributed by atoms with Gasteiger partial charge in [-0.2, -0.15) is 0 Å². The average Bonchev–Trinajstić information content (AvgIpc) is 3.03. The predicted molar refractivity (Wildman–Crippen MR) is 100 cm³/mol. The number of amides is 2. The molecule has 1 unspecified atom stereocenters. The van der Waals surface area contributed by atoms with Gasteiger partial charge in [0.15, 0.2) is 5.37 Å². The Morgan fingerprint density at radius 1 is 1.32 bits per heavy atom. The van der Waals surface area contributed by atoms with E-state index >= 15 is 0 Å². The minimum absolute atomic E-state index is 0.287. The van der Waals surface area contributed by atoms with Crippen molar-refractivity contribution in [3.8, 4) is 0 Å². The zero-order chi connectivity index (χ0) is 18.9. The largest absolute Gasteiger partial charge is 0.444 e. The number of benzene rings is 1. The fourth-order valence-corrected chi connectivity index (χ4v) is 3.20. The number of aryl methyl sites for hydroxylation is 1. The molecule has 1 aliphatic heterocycles. The first kappa shape index (κ1) is 21.3. The molecule has 1 aromatic rings. The van der Waals surface area contributed by atoms with Gasteiger partial charge in [-0.25, -0.2) is 4.79 Å². The molecule has 2 amide bonds. The van der Waals surface area contributed by atoms with E-state index in [0.29, 0.717) is 12.3 Å². The van der Waals surface area contributed by atoms with E-state index < -0.39 is 23.0 Å². The first-order chi connectivity index (χ1) is 11.7. The maximum atomic E-state index is 11.7. The van der Waals surface area contributed by atoms with Crippen molar-refractivity contribution in [2.45, 2.75) is 44.6 Å². The number of nitrogens with two attached hydrogens (primary N) is 1. The van der Waals surface area contributed by atoms with Crippen molar-refractivity contribution in [2.24, 2.45) is 5.73 Å². The number of carbonyl (C=O) groups is 2. The third kappa shape index (κ3) is 8.27. The first-order valence-corrected chi connectivity index (χ1v) is 9.35. The Morgan fingerprint density at radius 3 is 2.48 bits per heavy atom. The molecule has 0 bridgehead atoms. The van der Waals surface area contributed by atoms with Gasteiger partial charge in [-0.05, 0) is 39.2 Å². The number of thioether (sulfide) groups is 1. The molecule has 1 fully saturated rings. The number of aliphatic hydroxyl groups is 1. The molecule has 0 saturated carbocycles. The summed E-state index contributed by atoms with van der Waals surface area (Å²) in [4.78, 5) is 24.1. The van der Waals surface area contributed by atoms with Crippen LogP contribution in [0.25, 0.3) is 0 Å². The Labute approximate surface area is 153 Å². The highest BCUT2D eigenvalue weighted by Crippen LogP contribution is 2.25. The minimum atomic E-state index is -0.583. The molecule has 0 aliphatic carbocycles. The number of hydrogen-bond donors (Lipinski definition) is 2. The van der Waals surface area contributed by atoms with Crippen LogP contribution in [0, 0.1) is 0 Å². The first-order valence-electron chi connectivity index (χ1n) is 8.30. The van der Waals surface area contributed by atoms with Crippen LogP contribution in [0.1, 0.15) is 32.8 Å². The Balaban J connectivity index is 0.000000271. The molecule has 1 aliphatic rings. The SMILES string of the molecule is CC(C)(C)OC(=O)N1CCSC1C(N)=O.OCCCc1ccccc1. The minimum Gasteiger partial charge on any atom is -0.444 e. The van der Waals surface area contributed by atoms with Crippen LogP contribution in [0.4, 0.5) is 4.79 Å². The third-order valence-electron chi connectivity index (χ3n) is 3.23. The van der Waals surface area contributed by atoms with E-state index in [1.165, 1.54) is 22.2 Å². The van der Waals surface area contributed by atoms with Gasteiger partial charge in [0.05, 0.1) is 0 Å². The Hall–Kier alpha value is -1.73. The lowest BCUT2D eigenvalue weighted by Crippen LogP contribution is -2.44. The van der Waals surface area contributed by atoms with Gasteiger partial charge in [0.25, 0.3) is 5.91 Å². The smallest absolute Gasteiger partial charge is 0.411 e. The molecule has 0 aromatic heterocycles. The number of primary amides is 1. The molecule has 2 rings (SSSR count). The van der Waals surface area contributed by atoms with E-state index in [9.17, 15) is 9.59 Å². The van der Waals surface area contributed by atoms with Gasteiger partial charge in [0.2, 0.25) is 0 Å². The maximum absolute atomic E-state index is 11.7. The van der Waals surface area contributed by atoms with E-state index in [-0.39, 0.29) is 6.61 Å². The summed E-state index contributed by atoms with van der Waals surface area (Å²) in [5, 5.41) is 7.94. The molecular formula is C18H28N2O4S. The summed E-state index contributed by atoms with van der Waals surface area (Å²) < 4.78 is 5.17. The lowest BCUT2D eigenvalue weighted by atomic mass is 10.1. The summed E-state index contributed by atoms with van der Waals surface area (Å²) in [5.74, 6) is 0.218. The standard InChI is InChI=1S/C9H16N2O3S.C9H12O/c1-9(2,3)14-8(13)11-4-5-15-7(11)6(10)12;10-8-4-7-9-5-2-1-3-6-9/h7H,4-5H2,1-3H3,(H2,10,12);1-3,5-6,10H,4,7-8H2. The quantitative estimate of drug-likeness (QED) is 0.851. The fourth-order valence-electron chi connectivity index (χ4n) is 2.14. The topological polar surface area (TPSA) is 92.9 Å². The van der Waals surface area contributed by atoms with Crippen molar-refractivity contribution >= 4 is 23.8 Å². The van der Waals surface area contributed by atoms with Gasteiger partial charge >= 0.3 is 6.09 Å². The van der Waals surface area contributed by atoms with Crippen molar-refractivity contribution in [1.82, 2.24) is 4.90 Å². The molecule has 3 N–H and O–H groups in total. The van der Waals surface area contributed by atoms with Crippen molar-refractivity contribution in [3.63, 3.8) is 0 Å². The Bertz CT molecular complexity index is 546. The second-order valence-corrected chi connectivity index (χ2v) is 7.80. The summed E-state index contributed by atoms with van der Waals surface area (Å²) in [6, 6.07) is 10.2. The second kappa shape index (κ2) is 10.3. The van der Waals surface area contributed by atoms with Crippen LogP contribution in [0.5, 0.6) is 0 Å². The number of aliphatic hydroxyl groups excluding tert-OH is 1. The van der Waals surface area contributed by atoms with Gasteiger partial charge in [-0.15, -0.1) is 11.8 Å². The number of nitrogens with zero attached hydrogens (tertiary/aromatic N) is 1.